The standard InChI is InChI=1S/C11H14ClN3O2/c1-14-4-6-15(7-5-14)10-8(11(16)17)2-3-9(12)13-10/h2-3H,4-7H2,1H3,(H,16,17). The Hall–Kier alpha value is -1.33. The van der Waals surface area contributed by atoms with E-state index >= 15 is 0 Å². The Bertz CT molecular complexity index is 431. The molecule has 0 unspecified atom stereocenters. The first-order valence-corrected chi connectivity index (χ1v) is 5.79. The number of likely N-dealkylation sites (N-methyl/N-ethyl adjacent to an activating group) is 1. The monoisotopic (exact) mass is 255 g/mol. The highest BCUT2D eigenvalue weighted by Gasteiger charge is 2.21. The second-order valence-electron chi connectivity index (χ2n) is 4.10. The Labute approximate surface area is 105 Å². The lowest BCUT2D eigenvalue weighted by atomic mass is 10.2. The number of carboxylic acid groups (broad SMARTS) is 1. The second-order valence-corrected chi connectivity index (χ2v) is 4.49. The van der Waals surface area contributed by atoms with Gasteiger partial charge in [0.1, 0.15) is 16.5 Å². The van der Waals surface area contributed by atoms with Crippen molar-refractivity contribution in [3.63, 3.8) is 0 Å². The van der Waals surface area contributed by atoms with Crippen LogP contribution in [0, 0.1) is 0 Å². The van der Waals surface area contributed by atoms with Crippen LogP contribution in [0.25, 0.3) is 0 Å². The van der Waals surface area contributed by atoms with Gasteiger partial charge < -0.3 is 14.9 Å². The highest BCUT2D eigenvalue weighted by atomic mass is 35.5. The van der Waals surface area contributed by atoms with Crippen LogP contribution in [0.3, 0.4) is 0 Å². The number of anilines is 1. The number of halogens is 1. The van der Waals surface area contributed by atoms with Crippen LogP contribution in [0.4, 0.5) is 5.82 Å². The summed E-state index contributed by atoms with van der Waals surface area (Å²) in [7, 11) is 2.04. The number of piperazine rings is 1. The molecule has 0 saturated carbocycles. The largest absolute Gasteiger partial charge is 0.478 e. The summed E-state index contributed by atoms with van der Waals surface area (Å²) in [4.78, 5) is 19.4. The Kier molecular flexibility index (Phi) is 3.49. The van der Waals surface area contributed by atoms with Crippen LogP contribution in [0.2, 0.25) is 5.15 Å². The number of nitrogens with zero attached hydrogens (tertiary/aromatic N) is 3. The zero-order chi connectivity index (χ0) is 12.4. The molecule has 0 spiro atoms. The van der Waals surface area contributed by atoms with Crippen molar-refractivity contribution in [2.45, 2.75) is 0 Å². The highest BCUT2D eigenvalue weighted by molar-refractivity contribution is 6.29. The van der Waals surface area contributed by atoms with E-state index in [1.54, 1.807) is 0 Å². The van der Waals surface area contributed by atoms with Gasteiger partial charge in [-0.1, -0.05) is 11.6 Å². The minimum Gasteiger partial charge on any atom is -0.478 e. The van der Waals surface area contributed by atoms with E-state index in [0.717, 1.165) is 26.2 Å². The molecule has 6 heteroatoms. The van der Waals surface area contributed by atoms with Gasteiger partial charge in [-0.05, 0) is 19.2 Å². The summed E-state index contributed by atoms with van der Waals surface area (Å²) >= 11 is 5.83. The summed E-state index contributed by atoms with van der Waals surface area (Å²) in [5.74, 6) is -0.499. The van der Waals surface area contributed by atoms with Gasteiger partial charge in [0, 0.05) is 26.2 Å². The van der Waals surface area contributed by atoms with Crippen LogP contribution in [-0.4, -0.2) is 54.2 Å². The van der Waals surface area contributed by atoms with E-state index in [9.17, 15) is 4.79 Å². The number of hydrogen-bond donors (Lipinski definition) is 1. The summed E-state index contributed by atoms with van der Waals surface area (Å²) in [5.41, 5.74) is 0.207. The van der Waals surface area contributed by atoms with Crippen molar-refractivity contribution in [2.75, 3.05) is 38.1 Å². The molecule has 1 saturated heterocycles. The topological polar surface area (TPSA) is 56.7 Å². The zero-order valence-corrected chi connectivity index (χ0v) is 10.3. The Morgan fingerprint density at radius 2 is 2.00 bits per heavy atom. The fraction of sp³-hybridized carbons (Fsp3) is 0.455. The number of hydrogen-bond acceptors (Lipinski definition) is 4. The van der Waals surface area contributed by atoms with Crippen LogP contribution in [0.1, 0.15) is 10.4 Å². The molecule has 0 amide bonds. The average Bonchev–Trinajstić information content (AvgIpc) is 2.29. The molecule has 0 aromatic carbocycles. The van der Waals surface area contributed by atoms with Gasteiger partial charge in [0.2, 0.25) is 0 Å². The summed E-state index contributed by atoms with van der Waals surface area (Å²) < 4.78 is 0. The molecule has 2 heterocycles. The molecule has 0 radical (unpaired) electrons. The SMILES string of the molecule is CN1CCN(c2nc(Cl)ccc2C(=O)O)CC1. The molecule has 0 atom stereocenters. The molecule has 92 valence electrons. The van der Waals surface area contributed by atoms with Crippen molar-refractivity contribution in [3.8, 4) is 0 Å². The van der Waals surface area contributed by atoms with E-state index in [1.165, 1.54) is 12.1 Å². The molecule has 1 aliphatic rings. The number of pyridine rings is 1. The van der Waals surface area contributed by atoms with Crippen molar-refractivity contribution >= 4 is 23.4 Å². The maximum Gasteiger partial charge on any atom is 0.339 e. The molecule has 1 aliphatic heterocycles. The van der Waals surface area contributed by atoms with Crippen LogP contribution in [-0.2, 0) is 0 Å². The summed E-state index contributed by atoms with van der Waals surface area (Å²) in [5, 5.41) is 9.44. The lowest BCUT2D eigenvalue weighted by molar-refractivity contribution is 0.0697. The first-order valence-electron chi connectivity index (χ1n) is 5.41. The smallest absolute Gasteiger partial charge is 0.339 e. The maximum absolute atomic E-state index is 11.1. The number of carboxylic acids is 1. The van der Waals surface area contributed by atoms with Crippen molar-refractivity contribution < 1.29 is 9.90 Å². The van der Waals surface area contributed by atoms with E-state index in [0.29, 0.717) is 11.0 Å². The molecule has 1 N–H and O–H groups in total. The lowest BCUT2D eigenvalue weighted by Crippen LogP contribution is -2.45. The zero-order valence-electron chi connectivity index (χ0n) is 9.56. The number of aromatic nitrogens is 1. The van der Waals surface area contributed by atoms with Gasteiger partial charge in [-0.2, -0.15) is 0 Å². The fourth-order valence-corrected chi connectivity index (χ4v) is 1.99. The number of rotatable bonds is 2. The van der Waals surface area contributed by atoms with Crippen molar-refractivity contribution in [1.29, 1.82) is 0 Å². The third kappa shape index (κ3) is 2.68. The fourth-order valence-electron chi connectivity index (χ4n) is 1.85. The van der Waals surface area contributed by atoms with Gasteiger partial charge in [0.15, 0.2) is 0 Å². The predicted molar refractivity (Wildman–Crippen MR) is 65.9 cm³/mol. The van der Waals surface area contributed by atoms with E-state index in [-0.39, 0.29) is 5.56 Å². The van der Waals surface area contributed by atoms with Crippen LogP contribution in [0.5, 0.6) is 0 Å². The van der Waals surface area contributed by atoms with E-state index < -0.39 is 5.97 Å². The summed E-state index contributed by atoms with van der Waals surface area (Å²) in [6, 6.07) is 3.01. The summed E-state index contributed by atoms with van der Waals surface area (Å²) in [6.07, 6.45) is 0. The first kappa shape index (κ1) is 12.1. The first-order chi connectivity index (χ1) is 8.08. The van der Waals surface area contributed by atoms with E-state index in [2.05, 4.69) is 9.88 Å². The molecule has 2 rings (SSSR count). The molecular weight excluding hydrogens is 242 g/mol. The van der Waals surface area contributed by atoms with Gasteiger partial charge in [-0.15, -0.1) is 0 Å². The number of carbonyl (C=O) groups is 1. The van der Waals surface area contributed by atoms with Gasteiger partial charge in [0.05, 0.1) is 0 Å². The van der Waals surface area contributed by atoms with Crippen LogP contribution < -0.4 is 4.90 Å². The normalized spacial score (nSPS) is 17.2. The Balaban J connectivity index is 2.30. The lowest BCUT2D eigenvalue weighted by Gasteiger charge is -2.33. The molecule has 0 aliphatic carbocycles. The van der Waals surface area contributed by atoms with Gasteiger partial charge in [-0.3, -0.25) is 0 Å². The quantitative estimate of drug-likeness (QED) is 0.805. The maximum atomic E-state index is 11.1. The molecule has 1 fully saturated rings. The van der Waals surface area contributed by atoms with Crippen molar-refractivity contribution in [1.82, 2.24) is 9.88 Å². The molecule has 0 bridgehead atoms. The van der Waals surface area contributed by atoms with Crippen molar-refractivity contribution in [2.24, 2.45) is 0 Å². The molecule has 17 heavy (non-hydrogen) atoms. The highest BCUT2D eigenvalue weighted by Crippen LogP contribution is 2.21. The van der Waals surface area contributed by atoms with Gasteiger partial charge in [0.25, 0.3) is 0 Å². The minimum absolute atomic E-state index is 0.207. The molecular formula is C11H14ClN3O2. The van der Waals surface area contributed by atoms with Crippen LogP contribution >= 0.6 is 11.6 Å². The molecule has 1 aromatic heterocycles. The predicted octanol–water partition coefficient (Wildman–Crippen LogP) is 1.18. The van der Waals surface area contributed by atoms with Gasteiger partial charge >= 0.3 is 5.97 Å². The average molecular weight is 256 g/mol. The summed E-state index contributed by atoms with van der Waals surface area (Å²) in [6.45, 7) is 3.33. The van der Waals surface area contributed by atoms with Gasteiger partial charge in [-0.25, -0.2) is 9.78 Å². The molecule has 1 aromatic rings. The molecule has 5 nitrogen and oxygen atoms in total. The van der Waals surface area contributed by atoms with Crippen LogP contribution in [0.15, 0.2) is 12.1 Å². The van der Waals surface area contributed by atoms with Crippen molar-refractivity contribution in [3.05, 3.63) is 22.8 Å². The van der Waals surface area contributed by atoms with E-state index in [4.69, 9.17) is 16.7 Å². The van der Waals surface area contributed by atoms with E-state index in [1.807, 2.05) is 11.9 Å². The minimum atomic E-state index is -0.969. The Morgan fingerprint density at radius 1 is 1.35 bits per heavy atom. The third-order valence-electron chi connectivity index (χ3n) is 2.87. The second kappa shape index (κ2) is 4.89. The number of aromatic carboxylic acids is 1. The Morgan fingerprint density at radius 3 is 2.59 bits per heavy atom. The third-order valence-corrected chi connectivity index (χ3v) is 3.08.